The zero-order valence-corrected chi connectivity index (χ0v) is 9.10. The second kappa shape index (κ2) is 5.76. The Balaban J connectivity index is 0. The minimum absolute atomic E-state index is 0. The molecule has 0 saturated heterocycles. The maximum absolute atomic E-state index is 10.8. The summed E-state index contributed by atoms with van der Waals surface area (Å²) in [6.07, 6.45) is 0. The van der Waals surface area contributed by atoms with Crippen molar-refractivity contribution in [3.8, 4) is 0 Å². The van der Waals surface area contributed by atoms with Crippen LogP contribution in [0.2, 0.25) is 19.6 Å². The maximum atomic E-state index is 10.8. The van der Waals surface area contributed by atoms with Crippen molar-refractivity contribution in [2.75, 3.05) is 6.61 Å². The van der Waals surface area contributed by atoms with E-state index in [1.54, 1.807) is 5.70 Å². The van der Waals surface area contributed by atoms with Crippen LogP contribution < -0.4 is 24.0 Å². The fourth-order valence-electron chi connectivity index (χ4n) is 0.537. The van der Waals surface area contributed by atoms with E-state index in [0.717, 1.165) is 0 Å². The number of hydrogen-bond acceptors (Lipinski definition) is 2. The minimum Gasteiger partial charge on any atom is -0.614 e. The maximum Gasteiger partial charge on any atom is 1.00 e. The second-order valence-corrected chi connectivity index (χ2v) is 8.28. The first-order valence-corrected chi connectivity index (χ1v) is 7.06. The molecule has 0 bridgehead atoms. The molecule has 0 rings (SSSR count). The Morgan fingerprint density at radius 1 is 1.45 bits per heavy atom. The van der Waals surface area contributed by atoms with Gasteiger partial charge in [-0.15, -0.1) is 0 Å². The van der Waals surface area contributed by atoms with Crippen LogP contribution in [0.25, 0.3) is 0 Å². The van der Waals surface area contributed by atoms with Crippen LogP contribution in [0.1, 0.15) is 6.92 Å². The SMILES string of the molecule is CCO/C([O-])=C\[Si](C)(C)C.[Li+]. The van der Waals surface area contributed by atoms with Crippen LogP contribution in [-0.2, 0) is 4.74 Å². The van der Waals surface area contributed by atoms with E-state index in [2.05, 4.69) is 19.6 Å². The summed E-state index contributed by atoms with van der Waals surface area (Å²) in [6, 6.07) is 0. The fraction of sp³-hybridized carbons (Fsp3) is 0.714. The zero-order chi connectivity index (χ0) is 8.20. The van der Waals surface area contributed by atoms with Gasteiger partial charge in [0.15, 0.2) is 0 Å². The Morgan fingerprint density at radius 2 is 1.91 bits per heavy atom. The van der Waals surface area contributed by atoms with Gasteiger partial charge in [-0.05, 0) is 6.61 Å². The van der Waals surface area contributed by atoms with Gasteiger partial charge in [-0.2, -0.15) is 0 Å². The first-order valence-electron chi connectivity index (χ1n) is 3.48. The van der Waals surface area contributed by atoms with Gasteiger partial charge in [-0.1, -0.05) is 32.3 Å². The molecule has 0 amide bonds. The molecular weight excluding hydrogens is 151 g/mol. The molecule has 0 radical (unpaired) electrons. The topological polar surface area (TPSA) is 32.3 Å². The van der Waals surface area contributed by atoms with Gasteiger partial charge in [0.2, 0.25) is 0 Å². The van der Waals surface area contributed by atoms with Gasteiger partial charge in [0.25, 0.3) is 0 Å². The van der Waals surface area contributed by atoms with Gasteiger partial charge < -0.3 is 9.84 Å². The van der Waals surface area contributed by atoms with Crippen LogP contribution >= 0.6 is 0 Å². The predicted octanol–water partition coefficient (Wildman–Crippen LogP) is -1.89. The van der Waals surface area contributed by atoms with Crippen molar-refractivity contribution in [1.82, 2.24) is 0 Å². The summed E-state index contributed by atoms with van der Waals surface area (Å²) in [7, 11) is -1.36. The van der Waals surface area contributed by atoms with E-state index in [1.165, 1.54) is 0 Å². The Morgan fingerprint density at radius 3 is 2.18 bits per heavy atom. The monoisotopic (exact) mass is 166 g/mol. The summed E-state index contributed by atoms with van der Waals surface area (Å²) < 4.78 is 4.76. The molecule has 0 fully saturated rings. The molecule has 4 heteroatoms. The molecule has 0 aliphatic rings. The van der Waals surface area contributed by atoms with Crippen LogP contribution in [0.3, 0.4) is 0 Å². The summed E-state index contributed by atoms with van der Waals surface area (Å²) >= 11 is 0. The molecule has 0 aromatic carbocycles. The van der Waals surface area contributed by atoms with Crippen molar-refractivity contribution in [2.24, 2.45) is 0 Å². The van der Waals surface area contributed by atoms with Crippen LogP contribution in [0.4, 0.5) is 0 Å². The van der Waals surface area contributed by atoms with Crippen molar-refractivity contribution < 1.29 is 28.7 Å². The number of ether oxygens (including phenoxy) is 1. The van der Waals surface area contributed by atoms with Crippen molar-refractivity contribution in [1.29, 1.82) is 0 Å². The van der Waals surface area contributed by atoms with E-state index in [9.17, 15) is 5.11 Å². The molecule has 0 spiro atoms. The van der Waals surface area contributed by atoms with Gasteiger partial charge in [-0.3, -0.25) is 0 Å². The molecule has 0 aromatic rings. The first kappa shape index (κ1) is 13.7. The van der Waals surface area contributed by atoms with Gasteiger partial charge in [-0.25, -0.2) is 0 Å². The largest absolute Gasteiger partial charge is 1.00 e. The molecule has 0 aliphatic heterocycles. The molecule has 0 heterocycles. The van der Waals surface area contributed by atoms with E-state index in [-0.39, 0.29) is 24.8 Å². The Labute approximate surface area is 81.8 Å². The van der Waals surface area contributed by atoms with E-state index >= 15 is 0 Å². The number of rotatable bonds is 3. The van der Waals surface area contributed by atoms with Gasteiger partial charge in [0.05, 0.1) is 8.07 Å². The molecule has 0 unspecified atom stereocenters. The third-order valence-corrected chi connectivity index (χ3v) is 1.94. The smallest absolute Gasteiger partial charge is 0.614 e. The van der Waals surface area contributed by atoms with Crippen molar-refractivity contribution in [3.05, 3.63) is 11.6 Å². The Kier molecular flexibility index (Phi) is 7.19. The fourth-order valence-corrected chi connectivity index (χ4v) is 1.33. The van der Waals surface area contributed by atoms with E-state index < -0.39 is 8.07 Å². The van der Waals surface area contributed by atoms with Crippen molar-refractivity contribution in [2.45, 2.75) is 26.6 Å². The first-order chi connectivity index (χ1) is 4.45. The summed E-state index contributed by atoms with van der Waals surface area (Å²) in [5.41, 5.74) is 1.72. The Bertz CT molecular complexity index is 129. The normalized spacial score (nSPS) is 12.2. The van der Waals surface area contributed by atoms with Gasteiger partial charge >= 0.3 is 18.9 Å². The van der Waals surface area contributed by atoms with Crippen molar-refractivity contribution in [3.63, 3.8) is 0 Å². The zero-order valence-electron chi connectivity index (χ0n) is 8.10. The molecule has 0 atom stereocenters. The Hall–Kier alpha value is 0.154. The van der Waals surface area contributed by atoms with Crippen LogP contribution in [0.5, 0.6) is 0 Å². The third kappa shape index (κ3) is 10.2. The average molecular weight is 166 g/mol. The molecule has 60 valence electrons. The van der Waals surface area contributed by atoms with Gasteiger partial charge in [0, 0.05) is 5.95 Å². The van der Waals surface area contributed by atoms with Crippen LogP contribution in [0, 0.1) is 0 Å². The average Bonchev–Trinajstić information content (AvgIpc) is 1.59. The van der Waals surface area contributed by atoms with E-state index in [0.29, 0.717) is 6.61 Å². The molecular formula is C7H15LiO2Si. The number of hydrogen-bond donors (Lipinski definition) is 0. The second-order valence-electron chi connectivity index (χ2n) is 3.26. The summed E-state index contributed by atoms with van der Waals surface area (Å²) in [4.78, 5) is 0. The quantitative estimate of drug-likeness (QED) is 0.362. The third-order valence-electron chi connectivity index (χ3n) is 0.837. The van der Waals surface area contributed by atoms with Crippen molar-refractivity contribution >= 4 is 8.07 Å². The predicted molar refractivity (Wildman–Crippen MR) is 43.1 cm³/mol. The van der Waals surface area contributed by atoms with Crippen LogP contribution in [0.15, 0.2) is 11.6 Å². The standard InChI is InChI=1S/C7H16O2Si.Li/c1-5-9-7(8)6-10(2,3)4;/h6,8H,5H2,1-4H3;/q;+1/p-1/b7-6-;. The molecule has 0 saturated carbocycles. The summed E-state index contributed by atoms with van der Waals surface area (Å²) in [5.74, 6) is -0.165. The van der Waals surface area contributed by atoms with E-state index in [1.807, 2.05) is 6.92 Å². The summed E-state index contributed by atoms with van der Waals surface area (Å²) in [5, 5.41) is 10.8. The minimum atomic E-state index is -1.36. The molecule has 0 N–H and O–H groups in total. The molecule has 2 nitrogen and oxygen atoms in total. The van der Waals surface area contributed by atoms with E-state index in [4.69, 9.17) is 4.74 Å². The summed E-state index contributed by atoms with van der Waals surface area (Å²) in [6.45, 7) is 8.59. The van der Waals surface area contributed by atoms with Crippen LogP contribution in [-0.4, -0.2) is 14.7 Å². The molecule has 11 heavy (non-hydrogen) atoms. The molecule has 0 aliphatic carbocycles. The van der Waals surface area contributed by atoms with Gasteiger partial charge in [0.1, 0.15) is 0 Å². The molecule has 0 aromatic heterocycles.